The molecule has 1 saturated heterocycles. The summed E-state index contributed by atoms with van der Waals surface area (Å²) in [5.41, 5.74) is 5.25. The Morgan fingerprint density at radius 2 is 2.26 bits per heavy atom. The molecule has 0 saturated carbocycles. The zero-order valence-electron chi connectivity index (χ0n) is 10.6. The van der Waals surface area contributed by atoms with Crippen molar-refractivity contribution in [2.75, 3.05) is 13.2 Å². The first-order valence-corrected chi connectivity index (χ1v) is 7.45. The fourth-order valence-corrected chi connectivity index (χ4v) is 3.50. The van der Waals surface area contributed by atoms with E-state index < -0.39 is 21.4 Å². The van der Waals surface area contributed by atoms with Crippen LogP contribution in [0.5, 0.6) is 0 Å². The van der Waals surface area contributed by atoms with Crippen molar-refractivity contribution in [1.82, 2.24) is 4.72 Å². The second-order valence-electron chi connectivity index (χ2n) is 4.94. The van der Waals surface area contributed by atoms with E-state index in [1.807, 2.05) is 0 Å². The van der Waals surface area contributed by atoms with E-state index in [0.29, 0.717) is 18.6 Å². The van der Waals surface area contributed by atoms with Crippen molar-refractivity contribution in [3.05, 3.63) is 29.6 Å². The van der Waals surface area contributed by atoms with Crippen LogP contribution in [0, 0.1) is 5.82 Å². The Kier molecular flexibility index (Phi) is 3.91. The van der Waals surface area contributed by atoms with Gasteiger partial charge in [0.25, 0.3) is 0 Å². The van der Waals surface area contributed by atoms with Crippen LogP contribution in [0.2, 0.25) is 0 Å². The van der Waals surface area contributed by atoms with E-state index in [1.54, 1.807) is 6.92 Å². The summed E-state index contributed by atoms with van der Waals surface area (Å²) in [4.78, 5) is -0.363. The molecule has 5 nitrogen and oxygen atoms in total. The zero-order chi connectivity index (χ0) is 14.1. The fraction of sp³-hybridized carbons (Fsp3) is 0.500. The molecule has 0 amide bonds. The number of nitrogens with two attached hydrogens (primary N) is 1. The Balaban J connectivity index is 2.29. The van der Waals surface area contributed by atoms with Crippen molar-refractivity contribution in [2.24, 2.45) is 5.73 Å². The van der Waals surface area contributed by atoms with Crippen molar-refractivity contribution in [1.29, 1.82) is 0 Å². The minimum Gasteiger partial charge on any atom is -0.379 e. The highest BCUT2D eigenvalue weighted by atomic mass is 32.2. The van der Waals surface area contributed by atoms with Gasteiger partial charge in [0.1, 0.15) is 10.7 Å². The van der Waals surface area contributed by atoms with E-state index in [0.717, 1.165) is 6.07 Å². The van der Waals surface area contributed by atoms with Gasteiger partial charge < -0.3 is 10.5 Å². The lowest BCUT2D eigenvalue weighted by Crippen LogP contribution is -2.46. The molecule has 1 atom stereocenters. The maximum Gasteiger partial charge on any atom is 0.244 e. The predicted octanol–water partition coefficient (Wildman–Crippen LogP) is 0.742. The van der Waals surface area contributed by atoms with E-state index in [2.05, 4.69) is 4.72 Å². The Labute approximate surface area is 112 Å². The second kappa shape index (κ2) is 5.16. The van der Waals surface area contributed by atoms with Crippen molar-refractivity contribution < 1.29 is 17.5 Å². The number of hydrogen-bond acceptors (Lipinski definition) is 4. The van der Waals surface area contributed by atoms with Crippen LogP contribution >= 0.6 is 0 Å². The first-order valence-electron chi connectivity index (χ1n) is 5.96. The molecular weight excluding hydrogens is 271 g/mol. The van der Waals surface area contributed by atoms with Gasteiger partial charge in [-0.25, -0.2) is 17.5 Å². The molecule has 7 heteroatoms. The van der Waals surface area contributed by atoms with E-state index in [9.17, 15) is 12.8 Å². The molecule has 1 aliphatic heterocycles. The van der Waals surface area contributed by atoms with E-state index in [1.165, 1.54) is 12.1 Å². The van der Waals surface area contributed by atoms with Gasteiger partial charge in [0.15, 0.2) is 0 Å². The van der Waals surface area contributed by atoms with Crippen LogP contribution in [-0.2, 0) is 21.3 Å². The van der Waals surface area contributed by atoms with Gasteiger partial charge in [0, 0.05) is 13.2 Å². The van der Waals surface area contributed by atoms with Gasteiger partial charge >= 0.3 is 0 Å². The molecule has 0 aromatic heterocycles. The number of ether oxygens (including phenoxy) is 1. The standard InChI is InChI=1S/C12H17FN2O3S/c1-12(4-5-18-8-12)15-19(16,17)11-3-2-9(7-14)6-10(11)13/h2-3,6,15H,4-5,7-8,14H2,1H3. The van der Waals surface area contributed by atoms with Crippen LogP contribution in [0.3, 0.4) is 0 Å². The Morgan fingerprint density at radius 1 is 1.53 bits per heavy atom. The highest BCUT2D eigenvalue weighted by Crippen LogP contribution is 2.23. The van der Waals surface area contributed by atoms with Gasteiger partial charge in [0.2, 0.25) is 10.0 Å². The van der Waals surface area contributed by atoms with Crippen LogP contribution in [0.15, 0.2) is 23.1 Å². The molecule has 1 aliphatic rings. The van der Waals surface area contributed by atoms with Gasteiger partial charge in [-0.15, -0.1) is 0 Å². The summed E-state index contributed by atoms with van der Waals surface area (Å²) in [6, 6.07) is 3.88. The average molecular weight is 288 g/mol. The summed E-state index contributed by atoms with van der Waals surface area (Å²) in [6.07, 6.45) is 0.564. The number of nitrogens with one attached hydrogen (secondary N) is 1. The first kappa shape index (κ1) is 14.4. The van der Waals surface area contributed by atoms with Gasteiger partial charge in [-0.05, 0) is 31.0 Å². The fourth-order valence-electron chi connectivity index (χ4n) is 2.02. The van der Waals surface area contributed by atoms with Gasteiger partial charge in [0.05, 0.1) is 12.1 Å². The molecule has 1 aromatic rings. The van der Waals surface area contributed by atoms with Crippen molar-refractivity contribution in [3.63, 3.8) is 0 Å². The maximum absolute atomic E-state index is 13.8. The molecule has 0 bridgehead atoms. The monoisotopic (exact) mass is 288 g/mol. The van der Waals surface area contributed by atoms with Crippen LogP contribution in [0.25, 0.3) is 0 Å². The van der Waals surface area contributed by atoms with Crippen molar-refractivity contribution in [2.45, 2.75) is 30.3 Å². The number of sulfonamides is 1. The van der Waals surface area contributed by atoms with Gasteiger partial charge in [-0.3, -0.25) is 0 Å². The lowest BCUT2D eigenvalue weighted by Gasteiger charge is -2.23. The van der Waals surface area contributed by atoms with E-state index in [4.69, 9.17) is 10.5 Å². The number of halogens is 1. The largest absolute Gasteiger partial charge is 0.379 e. The summed E-state index contributed by atoms with van der Waals surface area (Å²) >= 11 is 0. The number of rotatable bonds is 4. The molecule has 1 unspecified atom stereocenters. The van der Waals surface area contributed by atoms with E-state index >= 15 is 0 Å². The Bertz CT molecular complexity index is 568. The normalized spacial score (nSPS) is 23.7. The predicted molar refractivity (Wildman–Crippen MR) is 68.5 cm³/mol. The third-order valence-corrected chi connectivity index (χ3v) is 4.79. The molecule has 1 heterocycles. The quantitative estimate of drug-likeness (QED) is 0.856. The molecule has 0 radical (unpaired) electrons. The SMILES string of the molecule is CC1(NS(=O)(=O)c2ccc(CN)cc2F)CCOC1. The topological polar surface area (TPSA) is 81.4 Å². The van der Waals surface area contributed by atoms with Crippen molar-refractivity contribution >= 4 is 10.0 Å². The third-order valence-electron chi connectivity index (χ3n) is 3.12. The number of benzene rings is 1. The summed E-state index contributed by atoms with van der Waals surface area (Å²) in [7, 11) is -3.90. The molecule has 1 aromatic carbocycles. The molecule has 19 heavy (non-hydrogen) atoms. The van der Waals surface area contributed by atoms with Crippen LogP contribution in [0.1, 0.15) is 18.9 Å². The Morgan fingerprint density at radius 3 is 2.79 bits per heavy atom. The van der Waals surface area contributed by atoms with Crippen LogP contribution in [0.4, 0.5) is 4.39 Å². The highest BCUT2D eigenvalue weighted by Gasteiger charge is 2.35. The average Bonchev–Trinajstić information content (AvgIpc) is 2.74. The summed E-state index contributed by atoms with van der Waals surface area (Å²) < 4.78 is 45.9. The molecule has 0 spiro atoms. The summed E-state index contributed by atoms with van der Waals surface area (Å²) in [6.45, 7) is 2.68. The van der Waals surface area contributed by atoms with Gasteiger partial charge in [-0.1, -0.05) is 6.07 Å². The molecule has 2 rings (SSSR count). The molecule has 0 aliphatic carbocycles. The summed E-state index contributed by atoms with van der Waals surface area (Å²) in [5, 5.41) is 0. The van der Waals surface area contributed by atoms with Crippen LogP contribution < -0.4 is 10.5 Å². The molecule has 106 valence electrons. The number of hydrogen-bond donors (Lipinski definition) is 2. The van der Waals surface area contributed by atoms with Gasteiger partial charge in [-0.2, -0.15) is 0 Å². The zero-order valence-corrected chi connectivity index (χ0v) is 11.5. The highest BCUT2D eigenvalue weighted by molar-refractivity contribution is 7.89. The smallest absolute Gasteiger partial charge is 0.244 e. The minimum absolute atomic E-state index is 0.163. The minimum atomic E-state index is -3.90. The third kappa shape index (κ3) is 3.11. The molecule has 1 fully saturated rings. The second-order valence-corrected chi connectivity index (χ2v) is 6.59. The lowest BCUT2D eigenvalue weighted by molar-refractivity contribution is 0.178. The maximum atomic E-state index is 13.8. The lowest BCUT2D eigenvalue weighted by atomic mass is 10.0. The molecule has 3 N–H and O–H groups in total. The Hall–Kier alpha value is -1.02. The summed E-state index contributed by atoms with van der Waals surface area (Å²) in [5.74, 6) is -0.794. The van der Waals surface area contributed by atoms with Crippen molar-refractivity contribution in [3.8, 4) is 0 Å². The van der Waals surface area contributed by atoms with E-state index in [-0.39, 0.29) is 18.0 Å². The molecular formula is C12H17FN2O3S. The van der Waals surface area contributed by atoms with Crippen LogP contribution in [-0.4, -0.2) is 27.2 Å². The first-order chi connectivity index (χ1) is 8.86.